The largest absolute Gasteiger partial charge is 0.396 e. The lowest BCUT2D eigenvalue weighted by atomic mass is 10.1. The van der Waals surface area contributed by atoms with Gasteiger partial charge < -0.3 is 11.1 Å². The lowest BCUT2D eigenvalue weighted by Gasteiger charge is -2.08. The summed E-state index contributed by atoms with van der Waals surface area (Å²) in [6.07, 6.45) is 0.314. The lowest BCUT2D eigenvalue weighted by molar-refractivity contribution is 0.102. The standard InChI is InChI=1S/C15H11BrFN3O/c16-12-8-13(17)14(19)7-11(12)15(21)20-10-3-1-9(2-4-10)5-6-18/h1-4,7-8H,5,19H2,(H,20,21). The smallest absolute Gasteiger partial charge is 0.256 e. The molecule has 2 rings (SSSR count). The monoisotopic (exact) mass is 347 g/mol. The third-order valence-electron chi connectivity index (χ3n) is 2.83. The van der Waals surface area contributed by atoms with Crippen molar-refractivity contribution in [3.63, 3.8) is 0 Å². The van der Waals surface area contributed by atoms with E-state index in [0.29, 0.717) is 16.6 Å². The highest BCUT2D eigenvalue weighted by Gasteiger charge is 2.13. The van der Waals surface area contributed by atoms with Crippen molar-refractivity contribution in [3.8, 4) is 6.07 Å². The van der Waals surface area contributed by atoms with Gasteiger partial charge in [-0.1, -0.05) is 12.1 Å². The Morgan fingerprint density at radius 2 is 2.00 bits per heavy atom. The highest BCUT2D eigenvalue weighted by atomic mass is 79.9. The molecule has 2 aromatic rings. The number of anilines is 2. The van der Waals surface area contributed by atoms with E-state index in [0.717, 1.165) is 11.6 Å². The Labute approximate surface area is 129 Å². The Balaban J connectivity index is 2.18. The zero-order chi connectivity index (χ0) is 15.4. The molecule has 0 atom stereocenters. The SMILES string of the molecule is N#CCc1ccc(NC(=O)c2cc(N)c(F)cc2Br)cc1. The van der Waals surface area contributed by atoms with E-state index in [1.54, 1.807) is 24.3 Å². The summed E-state index contributed by atoms with van der Waals surface area (Å²) in [7, 11) is 0. The molecule has 0 aliphatic rings. The Morgan fingerprint density at radius 1 is 1.33 bits per heavy atom. The van der Waals surface area contributed by atoms with Crippen LogP contribution < -0.4 is 11.1 Å². The van der Waals surface area contributed by atoms with E-state index in [1.807, 2.05) is 6.07 Å². The molecular formula is C15H11BrFN3O. The number of nitrogens with two attached hydrogens (primary N) is 1. The Kier molecular flexibility index (Phi) is 4.55. The number of amides is 1. The zero-order valence-corrected chi connectivity index (χ0v) is 12.4. The maximum Gasteiger partial charge on any atom is 0.256 e. The Hall–Kier alpha value is -2.39. The second kappa shape index (κ2) is 6.37. The second-order valence-corrected chi connectivity index (χ2v) is 5.19. The second-order valence-electron chi connectivity index (χ2n) is 4.34. The van der Waals surface area contributed by atoms with Crippen LogP contribution in [0.1, 0.15) is 15.9 Å². The molecule has 0 bridgehead atoms. The first kappa shape index (κ1) is 15.0. The van der Waals surface area contributed by atoms with Gasteiger partial charge in [0, 0.05) is 10.2 Å². The van der Waals surface area contributed by atoms with Crippen molar-refractivity contribution < 1.29 is 9.18 Å². The van der Waals surface area contributed by atoms with Crippen LogP contribution in [0.15, 0.2) is 40.9 Å². The molecule has 106 valence electrons. The molecule has 3 N–H and O–H groups in total. The molecule has 6 heteroatoms. The highest BCUT2D eigenvalue weighted by Crippen LogP contribution is 2.24. The number of hydrogen-bond donors (Lipinski definition) is 2. The number of nitriles is 1. The van der Waals surface area contributed by atoms with Gasteiger partial charge in [0.05, 0.1) is 23.7 Å². The van der Waals surface area contributed by atoms with Crippen LogP contribution in [0.5, 0.6) is 0 Å². The van der Waals surface area contributed by atoms with Crippen molar-refractivity contribution in [2.75, 3.05) is 11.1 Å². The van der Waals surface area contributed by atoms with E-state index in [1.165, 1.54) is 6.07 Å². The van der Waals surface area contributed by atoms with Gasteiger partial charge in [0.15, 0.2) is 0 Å². The average Bonchev–Trinajstić information content (AvgIpc) is 2.45. The van der Waals surface area contributed by atoms with E-state index < -0.39 is 11.7 Å². The van der Waals surface area contributed by atoms with Crippen LogP contribution in [0.4, 0.5) is 15.8 Å². The molecule has 0 aliphatic carbocycles. The van der Waals surface area contributed by atoms with Crippen LogP contribution in [-0.2, 0) is 6.42 Å². The van der Waals surface area contributed by atoms with Crippen molar-refractivity contribution in [1.29, 1.82) is 5.26 Å². The number of nitrogen functional groups attached to an aromatic ring is 1. The van der Waals surface area contributed by atoms with Crippen molar-refractivity contribution in [3.05, 3.63) is 57.8 Å². The zero-order valence-electron chi connectivity index (χ0n) is 10.9. The van der Waals surface area contributed by atoms with Crippen LogP contribution in [0.3, 0.4) is 0 Å². The van der Waals surface area contributed by atoms with E-state index in [-0.39, 0.29) is 11.3 Å². The maximum absolute atomic E-state index is 13.3. The summed E-state index contributed by atoms with van der Waals surface area (Å²) in [5.74, 6) is -0.985. The molecule has 0 heterocycles. The van der Waals surface area contributed by atoms with Gasteiger partial charge in [-0.25, -0.2) is 4.39 Å². The fourth-order valence-corrected chi connectivity index (χ4v) is 2.23. The minimum absolute atomic E-state index is 0.0901. The maximum atomic E-state index is 13.3. The van der Waals surface area contributed by atoms with Gasteiger partial charge in [-0.3, -0.25) is 4.79 Å². The summed E-state index contributed by atoms with van der Waals surface area (Å²) in [4.78, 5) is 12.1. The van der Waals surface area contributed by atoms with Crippen LogP contribution in [-0.4, -0.2) is 5.91 Å². The average molecular weight is 348 g/mol. The van der Waals surface area contributed by atoms with Gasteiger partial charge in [0.25, 0.3) is 5.91 Å². The Morgan fingerprint density at radius 3 is 2.62 bits per heavy atom. The number of halogens is 2. The molecule has 0 saturated heterocycles. The molecule has 4 nitrogen and oxygen atoms in total. The van der Waals surface area contributed by atoms with Gasteiger partial charge in [-0.15, -0.1) is 0 Å². The molecule has 0 spiro atoms. The molecule has 1 amide bonds. The third kappa shape index (κ3) is 3.58. The normalized spacial score (nSPS) is 9.95. The molecule has 2 aromatic carbocycles. The quantitative estimate of drug-likeness (QED) is 0.834. The predicted octanol–water partition coefficient (Wildman–Crippen LogP) is 3.49. The van der Waals surface area contributed by atoms with E-state index in [2.05, 4.69) is 21.2 Å². The van der Waals surface area contributed by atoms with E-state index >= 15 is 0 Å². The van der Waals surface area contributed by atoms with Crippen LogP contribution in [0.25, 0.3) is 0 Å². The minimum Gasteiger partial charge on any atom is -0.396 e. The summed E-state index contributed by atoms with van der Waals surface area (Å²) < 4.78 is 13.6. The highest BCUT2D eigenvalue weighted by molar-refractivity contribution is 9.10. The van der Waals surface area contributed by atoms with Gasteiger partial charge in [-0.2, -0.15) is 5.26 Å². The fraction of sp³-hybridized carbons (Fsp3) is 0.0667. The number of hydrogen-bond acceptors (Lipinski definition) is 3. The Bertz CT molecular complexity index is 723. The van der Waals surface area contributed by atoms with Gasteiger partial charge in [-0.05, 0) is 45.8 Å². The lowest BCUT2D eigenvalue weighted by Crippen LogP contribution is -2.13. The number of nitrogens with zero attached hydrogens (tertiary/aromatic N) is 1. The predicted molar refractivity (Wildman–Crippen MR) is 82.2 cm³/mol. The van der Waals surface area contributed by atoms with Crippen molar-refractivity contribution >= 4 is 33.2 Å². The number of carbonyl (C=O) groups is 1. The van der Waals surface area contributed by atoms with Crippen LogP contribution in [0, 0.1) is 17.1 Å². The number of benzene rings is 2. The summed E-state index contributed by atoms with van der Waals surface area (Å²) in [6.45, 7) is 0. The van der Waals surface area contributed by atoms with Crippen molar-refractivity contribution in [2.45, 2.75) is 6.42 Å². The molecule has 0 saturated carbocycles. The van der Waals surface area contributed by atoms with Crippen molar-refractivity contribution in [2.24, 2.45) is 0 Å². The first-order chi connectivity index (χ1) is 10.0. The molecule has 21 heavy (non-hydrogen) atoms. The molecule has 0 aromatic heterocycles. The first-order valence-corrected chi connectivity index (χ1v) is 6.82. The molecule has 0 fully saturated rings. The minimum atomic E-state index is -0.584. The van der Waals surface area contributed by atoms with Gasteiger partial charge in [0.1, 0.15) is 5.82 Å². The molecular weight excluding hydrogens is 337 g/mol. The van der Waals surface area contributed by atoms with E-state index in [9.17, 15) is 9.18 Å². The number of rotatable bonds is 3. The number of nitrogens with one attached hydrogen (secondary N) is 1. The van der Waals surface area contributed by atoms with Crippen LogP contribution in [0.2, 0.25) is 0 Å². The fourth-order valence-electron chi connectivity index (χ4n) is 1.74. The van der Waals surface area contributed by atoms with Gasteiger partial charge in [0.2, 0.25) is 0 Å². The summed E-state index contributed by atoms with van der Waals surface area (Å²) >= 11 is 3.13. The number of carbonyl (C=O) groups excluding carboxylic acids is 1. The van der Waals surface area contributed by atoms with Gasteiger partial charge >= 0.3 is 0 Å². The molecule has 0 aliphatic heterocycles. The topological polar surface area (TPSA) is 78.9 Å². The van der Waals surface area contributed by atoms with E-state index in [4.69, 9.17) is 11.0 Å². The third-order valence-corrected chi connectivity index (χ3v) is 3.48. The van der Waals surface area contributed by atoms with Crippen LogP contribution >= 0.6 is 15.9 Å². The summed E-state index contributed by atoms with van der Waals surface area (Å²) in [5.41, 5.74) is 7.07. The summed E-state index contributed by atoms with van der Waals surface area (Å²) in [5, 5.41) is 11.3. The van der Waals surface area contributed by atoms with Crippen molar-refractivity contribution in [1.82, 2.24) is 0 Å². The first-order valence-electron chi connectivity index (χ1n) is 6.03. The molecule has 0 unspecified atom stereocenters. The molecule has 0 radical (unpaired) electrons. The summed E-state index contributed by atoms with van der Waals surface area (Å²) in [6, 6.07) is 11.4.